The number of hydrogen-bond donors (Lipinski definition) is 3. The molecule has 4 N–H and O–H groups in total. The molecule has 1 aromatic heterocycles. The third-order valence-corrected chi connectivity index (χ3v) is 4.98. The number of rotatable bonds is 5. The zero-order chi connectivity index (χ0) is 18.8. The van der Waals surface area contributed by atoms with Crippen molar-refractivity contribution in [3.05, 3.63) is 59.8 Å². The van der Waals surface area contributed by atoms with Crippen molar-refractivity contribution in [3.8, 4) is 5.69 Å². The Morgan fingerprint density at radius 2 is 2.11 bits per heavy atom. The molecule has 2 unspecified atom stereocenters. The van der Waals surface area contributed by atoms with Crippen LogP contribution in [0, 0.1) is 0 Å². The van der Waals surface area contributed by atoms with E-state index in [9.17, 15) is 9.18 Å². The lowest BCUT2D eigenvalue weighted by atomic mass is 10.0. The van der Waals surface area contributed by atoms with Crippen LogP contribution in [0.3, 0.4) is 0 Å². The van der Waals surface area contributed by atoms with Crippen molar-refractivity contribution in [2.75, 3.05) is 13.1 Å². The van der Waals surface area contributed by atoms with Crippen LogP contribution in [0.4, 0.5) is 4.39 Å². The first kappa shape index (κ1) is 17.6. The molecule has 3 aromatic rings. The quantitative estimate of drug-likeness (QED) is 0.643. The lowest BCUT2D eigenvalue weighted by Crippen LogP contribution is -2.48. The maximum Gasteiger partial charge on any atom is 0.250 e. The van der Waals surface area contributed by atoms with Crippen LogP contribution in [-0.2, 0) is 6.54 Å². The Labute approximate surface area is 156 Å². The van der Waals surface area contributed by atoms with Crippen molar-refractivity contribution < 1.29 is 9.18 Å². The summed E-state index contributed by atoms with van der Waals surface area (Å²) in [7, 11) is 0. The van der Waals surface area contributed by atoms with Gasteiger partial charge in [0.2, 0.25) is 0 Å². The third kappa shape index (κ3) is 3.70. The minimum absolute atomic E-state index is 0.102. The van der Waals surface area contributed by atoms with E-state index < -0.39 is 12.1 Å². The molecule has 27 heavy (non-hydrogen) atoms. The van der Waals surface area contributed by atoms with Gasteiger partial charge in [0, 0.05) is 30.7 Å². The molecule has 1 saturated heterocycles. The van der Waals surface area contributed by atoms with E-state index in [1.165, 1.54) is 0 Å². The van der Waals surface area contributed by atoms with Gasteiger partial charge in [0.15, 0.2) is 0 Å². The second kappa shape index (κ2) is 7.46. The zero-order valence-electron chi connectivity index (χ0n) is 14.9. The molecule has 140 valence electrons. The molecule has 1 aliphatic heterocycles. The monoisotopic (exact) mass is 367 g/mol. The summed E-state index contributed by atoms with van der Waals surface area (Å²) in [4.78, 5) is 11.6. The number of carbonyl (C=O) groups is 1. The van der Waals surface area contributed by atoms with E-state index in [2.05, 4.69) is 15.7 Å². The largest absolute Gasteiger partial charge is 0.366 e. The van der Waals surface area contributed by atoms with E-state index in [0.29, 0.717) is 24.2 Å². The molecule has 0 saturated carbocycles. The van der Waals surface area contributed by atoms with Crippen LogP contribution in [0.2, 0.25) is 0 Å². The Bertz CT molecular complexity index is 953. The minimum Gasteiger partial charge on any atom is -0.366 e. The predicted octanol–water partition coefficient (Wildman–Crippen LogP) is 1.91. The molecule has 0 radical (unpaired) electrons. The molecule has 0 aliphatic carbocycles. The summed E-state index contributed by atoms with van der Waals surface area (Å²) < 4.78 is 15.6. The van der Waals surface area contributed by atoms with E-state index in [4.69, 9.17) is 5.73 Å². The number of halogens is 1. The molecule has 6 nitrogen and oxygen atoms in total. The number of nitrogens with two attached hydrogens (primary N) is 1. The molecule has 2 atom stereocenters. The van der Waals surface area contributed by atoms with Gasteiger partial charge in [-0.25, -0.2) is 9.07 Å². The van der Waals surface area contributed by atoms with E-state index in [1.807, 2.05) is 36.5 Å². The van der Waals surface area contributed by atoms with Crippen molar-refractivity contribution in [1.29, 1.82) is 0 Å². The average molecular weight is 367 g/mol. The molecule has 0 spiro atoms. The lowest BCUT2D eigenvalue weighted by molar-refractivity contribution is 0.100. The highest BCUT2D eigenvalue weighted by Crippen LogP contribution is 2.20. The fourth-order valence-electron chi connectivity index (χ4n) is 3.44. The van der Waals surface area contributed by atoms with Gasteiger partial charge >= 0.3 is 0 Å². The SMILES string of the molecule is NC(=O)c1cccc2cn(-c3ccc(CNC4CCNCC4F)cc3)nc12. The molecule has 0 bridgehead atoms. The van der Waals surface area contributed by atoms with Gasteiger partial charge in [-0.15, -0.1) is 0 Å². The van der Waals surface area contributed by atoms with Crippen LogP contribution in [0.15, 0.2) is 48.7 Å². The van der Waals surface area contributed by atoms with Crippen LogP contribution in [-0.4, -0.2) is 41.0 Å². The van der Waals surface area contributed by atoms with Gasteiger partial charge in [0.05, 0.1) is 11.3 Å². The average Bonchev–Trinajstić information content (AvgIpc) is 3.12. The number of benzene rings is 2. The molecule has 1 aliphatic rings. The summed E-state index contributed by atoms with van der Waals surface area (Å²) in [6.45, 7) is 1.88. The number of primary amides is 1. The summed E-state index contributed by atoms with van der Waals surface area (Å²) >= 11 is 0. The number of aromatic nitrogens is 2. The van der Waals surface area contributed by atoms with E-state index in [-0.39, 0.29) is 6.04 Å². The van der Waals surface area contributed by atoms with Gasteiger partial charge in [0.25, 0.3) is 5.91 Å². The van der Waals surface area contributed by atoms with Crippen LogP contribution < -0.4 is 16.4 Å². The molecule has 1 amide bonds. The Morgan fingerprint density at radius 1 is 1.30 bits per heavy atom. The molecule has 4 rings (SSSR count). The van der Waals surface area contributed by atoms with Crippen molar-refractivity contribution in [1.82, 2.24) is 20.4 Å². The zero-order valence-corrected chi connectivity index (χ0v) is 14.9. The Morgan fingerprint density at radius 3 is 2.85 bits per heavy atom. The van der Waals surface area contributed by atoms with Gasteiger partial charge in [-0.1, -0.05) is 24.3 Å². The number of nitrogens with zero attached hydrogens (tertiary/aromatic N) is 2. The van der Waals surface area contributed by atoms with E-state index in [0.717, 1.165) is 29.6 Å². The number of hydrogen-bond acceptors (Lipinski definition) is 4. The maximum atomic E-state index is 13.9. The van der Waals surface area contributed by atoms with Gasteiger partial charge in [-0.05, 0) is 36.7 Å². The second-order valence-corrected chi connectivity index (χ2v) is 6.84. The number of piperidine rings is 1. The third-order valence-electron chi connectivity index (χ3n) is 4.98. The van der Waals surface area contributed by atoms with Crippen molar-refractivity contribution >= 4 is 16.8 Å². The second-order valence-electron chi connectivity index (χ2n) is 6.84. The fourth-order valence-corrected chi connectivity index (χ4v) is 3.44. The molecule has 7 heteroatoms. The van der Waals surface area contributed by atoms with Crippen LogP contribution in [0.5, 0.6) is 0 Å². The first-order valence-corrected chi connectivity index (χ1v) is 9.07. The number of alkyl halides is 1. The first-order valence-electron chi connectivity index (χ1n) is 9.07. The molecular formula is C20H22FN5O. The van der Waals surface area contributed by atoms with Gasteiger partial charge in [-0.3, -0.25) is 4.79 Å². The minimum atomic E-state index is -0.853. The number of amides is 1. The van der Waals surface area contributed by atoms with Gasteiger partial charge in [-0.2, -0.15) is 5.10 Å². The number of fused-ring (bicyclic) bond motifs is 1. The highest BCUT2D eigenvalue weighted by Gasteiger charge is 2.23. The Hall–Kier alpha value is -2.77. The highest BCUT2D eigenvalue weighted by molar-refractivity contribution is 6.04. The van der Waals surface area contributed by atoms with E-state index in [1.54, 1.807) is 16.8 Å². The van der Waals surface area contributed by atoms with Crippen LogP contribution >= 0.6 is 0 Å². The number of nitrogens with one attached hydrogen (secondary N) is 2. The highest BCUT2D eigenvalue weighted by atomic mass is 19.1. The predicted molar refractivity (Wildman–Crippen MR) is 103 cm³/mol. The van der Waals surface area contributed by atoms with Crippen molar-refractivity contribution in [3.63, 3.8) is 0 Å². The fraction of sp³-hybridized carbons (Fsp3) is 0.300. The molecular weight excluding hydrogens is 345 g/mol. The number of carbonyl (C=O) groups excluding carboxylic acids is 1. The first-order chi connectivity index (χ1) is 13.1. The summed E-state index contributed by atoms with van der Waals surface area (Å²) in [6.07, 6.45) is 1.81. The van der Waals surface area contributed by atoms with Gasteiger partial charge in [0.1, 0.15) is 11.7 Å². The molecule has 2 heterocycles. The van der Waals surface area contributed by atoms with Crippen LogP contribution in [0.25, 0.3) is 16.6 Å². The standard InChI is InChI=1S/C20H22FN5O/c21-17-11-23-9-8-18(17)24-10-13-4-6-15(7-5-13)26-12-14-2-1-3-16(20(22)27)19(14)25-26/h1-7,12,17-18,23-24H,8-11H2,(H2,22,27). The van der Waals surface area contributed by atoms with E-state index >= 15 is 0 Å². The summed E-state index contributed by atoms with van der Waals surface area (Å²) in [5, 5.41) is 11.7. The molecule has 2 aromatic carbocycles. The summed E-state index contributed by atoms with van der Waals surface area (Å²) in [5.41, 5.74) is 8.40. The smallest absolute Gasteiger partial charge is 0.250 e. The Balaban J connectivity index is 1.50. The Kier molecular flexibility index (Phi) is 4.87. The maximum absolute atomic E-state index is 13.9. The van der Waals surface area contributed by atoms with Crippen molar-refractivity contribution in [2.45, 2.75) is 25.2 Å². The molecule has 1 fully saturated rings. The normalized spacial score (nSPS) is 20.0. The lowest BCUT2D eigenvalue weighted by Gasteiger charge is -2.27. The van der Waals surface area contributed by atoms with Crippen molar-refractivity contribution in [2.24, 2.45) is 5.73 Å². The summed E-state index contributed by atoms with van der Waals surface area (Å²) in [6, 6.07) is 13.2. The topological polar surface area (TPSA) is 85.0 Å². The van der Waals surface area contributed by atoms with Gasteiger partial charge < -0.3 is 16.4 Å². The summed E-state index contributed by atoms with van der Waals surface area (Å²) in [5.74, 6) is -0.489. The van der Waals surface area contributed by atoms with Crippen LogP contribution in [0.1, 0.15) is 22.3 Å².